The van der Waals surface area contributed by atoms with Crippen LogP contribution < -0.4 is 5.32 Å². The van der Waals surface area contributed by atoms with Crippen LogP contribution in [0.5, 0.6) is 0 Å². The van der Waals surface area contributed by atoms with Gasteiger partial charge in [-0.15, -0.1) is 0 Å². The van der Waals surface area contributed by atoms with E-state index < -0.39 is 6.10 Å². The zero-order chi connectivity index (χ0) is 15.7. The number of fused-ring (bicyclic) bond motifs is 1. The Labute approximate surface area is 129 Å². The van der Waals surface area contributed by atoms with Crippen molar-refractivity contribution >= 4 is 5.91 Å². The number of carbonyl (C=O) groups excluding carboxylic acids is 1. The number of nitrogens with one attached hydrogen (secondary N) is 2. The van der Waals surface area contributed by atoms with Gasteiger partial charge < -0.3 is 10.4 Å². The van der Waals surface area contributed by atoms with Crippen LogP contribution in [0.4, 0.5) is 0 Å². The van der Waals surface area contributed by atoms with Crippen molar-refractivity contribution in [2.75, 3.05) is 0 Å². The summed E-state index contributed by atoms with van der Waals surface area (Å²) in [5, 5.41) is 20.1. The Morgan fingerprint density at radius 3 is 3.00 bits per heavy atom. The molecule has 1 heterocycles. The van der Waals surface area contributed by atoms with Crippen molar-refractivity contribution < 1.29 is 9.90 Å². The Hall–Kier alpha value is -2.14. The van der Waals surface area contributed by atoms with Crippen molar-refractivity contribution in [3.05, 3.63) is 52.8 Å². The molecule has 1 aliphatic carbocycles. The van der Waals surface area contributed by atoms with Gasteiger partial charge in [0.1, 0.15) is 5.69 Å². The standard InChI is InChI=1S/C17H21N3O2/c1-10(2)7-12-9-14(20-19-12)17(22)18-16-13-6-4-3-5-11(13)8-15(16)21/h3-6,9-10,15-16,21H,7-8H2,1-2H3,(H,18,22)(H,19,20). The first kappa shape index (κ1) is 14.8. The first-order valence-electron chi connectivity index (χ1n) is 7.65. The van der Waals surface area contributed by atoms with E-state index in [0.717, 1.165) is 23.2 Å². The fourth-order valence-electron chi connectivity index (χ4n) is 2.99. The highest BCUT2D eigenvalue weighted by atomic mass is 16.3. The third kappa shape index (κ3) is 2.90. The summed E-state index contributed by atoms with van der Waals surface area (Å²) in [6.07, 6.45) is 0.838. The first-order valence-corrected chi connectivity index (χ1v) is 7.65. The summed E-state index contributed by atoms with van der Waals surface area (Å²) in [5.74, 6) is 0.243. The van der Waals surface area contributed by atoms with E-state index in [2.05, 4.69) is 29.4 Å². The first-order chi connectivity index (χ1) is 10.5. The number of hydrogen-bond acceptors (Lipinski definition) is 3. The van der Waals surface area contributed by atoms with E-state index in [1.165, 1.54) is 0 Å². The number of aromatic amines is 1. The molecule has 22 heavy (non-hydrogen) atoms. The third-order valence-corrected chi connectivity index (χ3v) is 3.98. The SMILES string of the molecule is CC(C)Cc1cc(C(=O)NC2c3ccccc3CC2O)n[nH]1. The highest BCUT2D eigenvalue weighted by Gasteiger charge is 2.32. The Kier molecular flexibility index (Phi) is 3.98. The molecule has 2 aromatic rings. The molecule has 5 heteroatoms. The van der Waals surface area contributed by atoms with Crippen molar-refractivity contribution in [2.45, 2.75) is 38.8 Å². The number of aliphatic hydroxyl groups excluding tert-OH is 1. The molecule has 0 radical (unpaired) electrons. The molecular formula is C17H21N3O2. The summed E-state index contributed by atoms with van der Waals surface area (Å²) in [6.45, 7) is 4.23. The van der Waals surface area contributed by atoms with Gasteiger partial charge in [-0.1, -0.05) is 38.1 Å². The molecule has 0 bridgehead atoms. The molecule has 1 aliphatic rings. The molecule has 3 rings (SSSR count). The lowest BCUT2D eigenvalue weighted by molar-refractivity contribution is 0.0853. The van der Waals surface area contributed by atoms with Crippen LogP contribution in [0.1, 0.15) is 47.2 Å². The lowest BCUT2D eigenvalue weighted by Gasteiger charge is -2.17. The number of hydrogen-bond donors (Lipinski definition) is 3. The van der Waals surface area contributed by atoms with Gasteiger partial charge in [0.05, 0.1) is 12.1 Å². The summed E-state index contributed by atoms with van der Waals surface area (Å²) in [4.78, 5) is 12.4. The quantitative estimate of drug-likeness (QED) is 0.808. The van der Waals surface area contributed by atoms with E-state index in [9.17, 15) is 9.90 Å². The molecule has 1 aromatic heterocycles. The van der Waals surface area contributed by atoms with Gasteiger partial charge in [0.25, 0.3) is 5.91 Å². The zero-order valence-corrected chi connectivity index (χ0v) is 12.8. The number of rotatable bonds is 4. The molecule has 0 aliphatic heterocycles. The van der Waals surface area contributed by atoms with Gasteiger partial charge in [-0.2, -0.15) is 5.10 Å². The third-order valence-electron chi connectivity index (χ3n) is 3.98. The monoisotopic (exact) mass is 299 g/mol. The van der Waals surface area contributed by atoms with Crippen molar-refractivity contribution in [3.63, 3.8) is 0 Å². The second-order valence-electron chi connectivity index (χ2n) is 6.30. The fraction of sp³-hybridized carbons (Fsp3) is 0.412. The maximum absolute atomic E-state index is 12.4. The molecule has 3 N–H and O–H groups in total. The van der Waals surface area contributed by atoms with Crippen LogP contribution in [0.2, 0.25) is 0 Å². The van der Waals surface area contributed by atoms with Crippen molar-refractivity contribution in [2.24, 2.45) is 5.92 Å². The molecule has 0 saturated heterocycles. The number of carbonyl (C=O) groups is 1. The molecule has 5 nitrogen and oxygen atoms in total. The summed E-state index contributed by atoms with van der Waals surface area (Å²) in [6, 6.07) is 9.22. The van der Waals surface area contributed by atoms with Gasteiger partial charge in [0.15, 0.2) is 0 Å². The summed E-state index contributed by atoms with van der Waals surface area (Å²) < 4.78 is 0. The number of amides is 1. The van der Waals surface area contributed by atoms with Crippen LogP contribution >= 0.6 is 0 Å². The molecular weight excluding hydrogens is 278 g/mol. The lowest BCUT2D eigenvalue weighted by atomic mass is 10.1. The van der Waals surface area contributed by atoms with Crippen LogP contribution in [0.25, 0.3) is 0 Å². The fourth-order valence-corrected chi connectivity index (χ4v) is 2.99. The van der Waals surface area contributed by atoms with Gasteiger partial charge in [0.2, 0.25) is 0 Å². The predicted molar refractivity (Wildman–Crippen MR) is 83.5 cm³/mol. The second-order valence-corrected chi connectivity index (χ2v) is 6.30. The summed E-state index contributed by atoms with van der Waals surface area (Å²) in [7, 11) is 0. The van der Waals surface area contributed by atoms with Gasteiger partial charge in [-0.25, -0.2) is 0 Å². The smallest absolute Gasteiger partial charge is 0.272 e. The van der Waals surface area contributed by atoms with Gasteiger partial charge in [-0.05, 0) is 29.5 Å². The molecule has 0 saturated carbocycles. The van der Waals surface area contributed by atoms with E-state index in [1.807, 2.05) is 24.3 Å². The van der Waals surface area contributed by atoms with Crippen LogP contribution in [0.3, 0.4) is 0 Å². The van der Waals surface area contributed by atoms with Gasteiger partial charge in [-0.3, -0.25) is 9.89 Å². The molecule has 0 fully saturated rings. The largest absolute Gasteiger partial charge is 0.390 e. The summed E-state index contributed by atoms with van der Waals surface area (Å²) >= 11 is 0. The Bertz CT molecular complexity index is 678. The number of benzene rings is 1. The van der Waals surface area contributed by atoms with Crippen LogP contribution in [-0.4, -0.2) is 27.3 Å². The Morgan fingerprint density at radius 1 is 1.45 bits per heavy atom. The number of H-pyrrole nitrogens is 1. The summed E-state index contributed by atoms with van der Waals surface area (Å²) in [5.41, 5.74) is 3.39. The van der Waals surface area contributed by atoms with E-state index in [-0.39, 0.29) is 11.9 Å². The van der Waals surface area contributed by atoms with E-state index in [0.29, 0.717) is 18.0 Å². The zero-order valence-electron chi connectivity index (χ0n) is 12.8. The van der Waals surface area contributed by atoms with Crippen LogP contribution in [0.15, 0.2) is 30.3 Å². The topological polar surface area (TPSA) is 78.0 Å². The Balaban J connectivity index is 1.73. The minimum Gasteiger partial charge on any atom is -0.390 e. The minimum atomic E-state index is -0.588. The molecule has 2 unspecified atom stereocenters. The van der Waals surface area contributed by atoms with Gasteiger partial charge >= 0.3 is 0 Å². The van der Waals surface area contributed by atoms with Crippen molar-refractivity contribution in [1.29, 1.82) is 0 Å². The average molecular weight is 299 g/mol. The maximum atomic E-state index is 12.4. The van der Waals surface area contributed by atoms with E-state index in [1.54, 1.807) is 6.07 Å². The highest BCUT2D eigenvalue weighted by Crippen LogP contribution is 2.31. The van der Waals surface area contributed by atoms with E-state index in [4.69, 9.17) is 0 Å². The number of nitrogens with zero attached hydrogens (tertiary/aromatic N) is 1. The lowest BCUT2D eigenvalue weighted by Crippen LogP contribution is -2.34. The maximum Gasteiger partial charge on any atom is 0.272 e. The Morgan fingerprint density at radius 2 is 2.23 bits per heavy atom. The second kappa shape index (κ2) is 5.93. The highest BCUT2D eigenvalue weighted by molar-refractivity contribution is 5.92. The molecule has 1 amide bonds. The molecule has 1 aromatic carbocycles. The van der Waals surface area contributed by atoms with E-state index >= 15 is 0 Å². The van der Waals surface area contributed by atoms with Crippen LogP contribution in [-0.2, 0) is 12.8 Å². The van der Waals surface area contributed by atoms with Crippen molar-refractivity contribution in [3.8, 4) is 0 Å². The molecule has 116 valence electrons. The minimum absolute atomic E-state index is 0.257. The number of aromatic nitrogens is 2. The van der Waals surface area contributed by atoms with Gasteiger partial charge in [0, 0.05) is 12.1 Å². The molecule has 0 spiro atoms. The van der Waals surface area contributed by atoms with Crippen molar-refractivity contribution in [1.82, 2.24) is 15.5 Å². The van der Waals surface area contributed by atoms with Crippen LogP contribution in [0, 0.1) is 5.92 Å². The normalized spacial score (nSPS) is 20.2. The number of aliphatic hydroxyl groups is 1. The predicted octanol–water partition coefficient (Wildman–Crippen LogP) is 2.00. The molecule has 2 atom stereocenters. The average Bonchev–Trinajstić information content (AvgIpc) is 3.04.